The van der Waals surface area contributed by atoms with Crippen LogP contribution < -0.4 is 5.32 Å². The third-order valence-electron chi connectivity index (χ3n) is 3.43. The second-order valence-electron chi connectivity index (χ2n) is 4.71. The molecule has 84 valence electrons. The van der Waals surface area contributed by atoms with Crippen molar-refractivity contribution in [3.63, 3.8) is 0 Å². The fourth-order valence-corrected chi connectivity index (χ4v) is 2.54. The van der Waals surface area contributed by atoms with Crippen molar-refractivity contribution in [1.82, 2.24) is 5.32 Å². The largest absolute Gasteiger partial charge is 0.349 e. The fraction of sp³-hybridized carbons (Fsp3) is 0.833. The van der Waals surface area contributed by atoms with Crippen LogP contribution in [-0.4, -0.2) is 24.2 Å². The summed E-state index contributed by atoms with van der Waals surface area (Å²) in [4.78, 5) is 15.8. The number of amides is 1. The van der Waals surface area contributed by atoms with Crippen LogP contribution in [0.2, 0.25) is 0 Å². The van der Waals surface area contributed by atoms with Gasteiger partial charge >= 0.3 is 0 Å². The Morgan fingerprint density at radius 1 is 1.07 bits per heavy atom. The van der Waals surface area contributed by atoms with Gasteiger partial charge in [0.25, 0.3) is 5.91 Å². The first-order chi connectivity index (χ1) is 7.34. The summed E-state index contributed by atoms with van der Waals surface area (Å²) >= 11 is 0. The molecule has 1 N–H and O–H groups in total. The van der Waals surface area contributed by atoms with Crippen LogP contribution in [0.25, 0.3) is 0 Å². The van der Waals surface area contributed by atoms with Gasteiger partial charge < -0.3 is 5.32 Å². The van der Waals surface area contributed by atoms with Gasteiger partial charge in [0, 0.05) is 6.04 Å². The minimum Gasteiger partial charge on any atom is -0.349 e. The first-order valence-corrected chi connectivity index (χ1v) is 6.18. The number of hydrogen-bond donors (Lipinski definition) is 1. The van der Waals surface area contributed by atoms with E-state index in [1.54, 1.807) is 0 Å². The first-order valence-electron chi connectivity index (χ1n) is 6.18. The zero-order chi connectivity index (χ0) is 10.5. The van der Waals surface area contributed by atoms with Crippen molar-refractivity contribution in [3.05, 3.63) is 0 Å². The molecule has 2 aliphatic carbocycles. The smallest absolute Gasteiger partial charge is 0.262 e. The highest BCUT2D eigenvalue weighted by Crippen LogP contribution is 2.20. The van der Waals surface area contributed by atoms with Gasteiger partial charge in [0.15, 0.2) is 0 Å². The van der Waals surface area contributed by atoms with Crippen molar-refractivity contribution in [2.24, 2.45) is 4.99 Å². The molecule has 0 aromatic carbocycles. The Kier molecular flexibility index (Phi) is 3.75. The van der Waals surface area contributed by atoms with E-state index in [-0.39, 0.29) is 5.91 Å². The number of aliphatic imine (C=N–C) groups is 1. The normalized spacial score (nSPS) is 24.0. The number of rotatable bonds is 3. The second-order valence-corrected chi connectivity index (χ2v) is 4.71. The van der Waals surface area contributed by atoms with Gasteiger partial charge in [0.2, 0.25) is 0 Å². The Bertz CT molecular complexity index is 238. The molecular formula is C12H20N2O. The van der Waals surface area contributed by atoms with Gasteiger partial charge in [-0.15, -0.1) is 0 Å². The predicted octanol–water partition coefficient (Wildman–Crippen LogP) is 2.06. The summed E-state index contributed by atoms with van der Waals surface area (Å²) in [5.41, 5.74) is 0. The van der Waals surface area contributed by atoms with E-state index in [0.29, 0.717) is 12.1 Å². The lowest BCUT2D eigenvalue weighted by molar-refractivity contribution is -0.115. The first kappa shape index (κ1) is 10.7. The number of nitrogens with zero attached hydrogens (tertiary/aromatic N) is 1. The Balaban J connectivity index is 1.70. The average Bonchev–Trinajstić information content (AvgIpc) is 2.86. The van der Waals surface area contributed by atoms with E-state index in [9.17, 15) is 4.79 Å². The van der Waals surface area contributed by atoms with E-state index < -0.39 is 0 Å². The van der Waals surface area contributed by atoms with Crippen molar-refractivity contribution in [1.29, 1.82) is 0 Å². The van der Waals surface area contributed by atoms with Gasteiger partial charge in [0.05, 0.1) is 12.3 Å². The lowest BCUT2D eigenvalue weighted by atomic mass is 10.2. The van der Waals surface area contributed by atoms with Crippen LogP contribution in [0.1, 0.15) is 51.4 Å². The van der Waals surface area contributed by atoms with Crippen LogP contribution in [0.15, 0.2) is 4.99 Å². The van der Waals surface area contributed by atoms with Gasteiger partial charge in [0.1, 0.15) is 0 Å². The van der Waals surface area contributed by atoms with E-state index in [4.69, 9.17) is 0 Å². The fourth-order valence-electron chi connectivity index (χ4n) is 2.54. The van der Waals surface area contributed by atoms with Crippen molar-refractivity contribution in [3.8, 4) is 0 Å². The highest BCUT2D eigenvalue weighted by atomic mass is 16.1. The Morgan fingerprint density at radius 3 is 2.33 bits per heavy atom. The molecule has 1 amide bonds. The summed E-state index contributed by atoms with van der Waals surface area (Å²) in [5.74, 6) is 0.00815. The van der Waals surface area contributed by atoms with Gasteiger partial charge in [-0.25, -0.2) is 0 Å². The molecule has 2 saturated carbocycles. The van der Waals surface area contributed by atoms with Crippen molar-refractivity contribution in [2.45, 2.75) is 63.5 Å². The van der Waals surface area contributed by atoms with Gasteiger partial charge in [-0.2, -0.15) is 0 Å². The summed E-state index contributed by atoms with van der Waals surface area (Å²) in [5, 5.41) is 3.01. The summed E-state index contributed by atoms with van der Waals surface area (Å²) in [6.45, 7) is 0. The minimum absolute atomic E-state index is 0.00815. The van der Waals surface area contributed by atoms with Gasteiger partial charge in [-0.05, 0) is 25.7 Å². The molecule has 0 spiro atoms. The third-order valence-corrected chi connectivity index (χ3v) is 3.43. The molecule has 0 unspecified atom stereocenters. The molecule has 0 atom stereocenters. The molecule has 0 aromatic heterocycles. The monoisotopic (exact) mass is 208 g/mol. The van der Waals surface area contributed by atoms with Gasteiger partial charge in [-0.1, -0.05) is 25.7 Å². The molecule has 0 radical (unpaired) electrons. The molecule has 0 bridgehead atoms. The van der Waals surface area contributed by atoms with Crippen LogP contribution >= 0.6 is 0 Å². The summed E-state index contributed by atoms with van der Waals surface area (Å²) < 4.78 is 0. The second kappa shape index (κ2) is 5.29. The summed E-state index contributed by atoms with van der Waals surface area (Å²) in [6, 6.07) is 0.826. The average molecular weight is 208 g/mol. The Labute approximate surface area is 91.3 Å². The van der Waals surface area contributed by atoms with Crippen LogP contribution in [0, 0.1) is 0 Å². The molecule has 2 fully saturated rings. The number of carbonyl (C=O) groups excluding carboxylic acids is 1. The lowest BCUT2D eigenvalue weighted by Gasteiger charge is -2.09. The lowest BCUT2D eigenvalue weighted by Crippen LogP contribution is -2.33. The third kappa shape index (κ3) is 3.33. The van der Waals surface area contributed by atoms with E-state index in [1.165, 1.54) is 31.9 Å². The molecule has 0 aromatic rings. The Hall–Kier alpha value is -0.860. The quantitative estimate of drug-likeness (QED) is 0.709. The molecular weight excluding hydrogens is 188 g/mol. The standard InChI is InChI=1S/C12H20N2O/c15-12(14-11-7-3-4-8-11)9-13-10-5-1-2-6-10/h9-11H,1-8H2,(H,14,15). The van der Waals surface area contributed by atoms with Gasteiger partial charge in [-0.3, -0.25) is 9.79 Å². The summed E-state index contributed by atoms with van der Waals surface area (Å²) in [6.07, 6.45) is 11.2. The number of carbonyl (C=O) groups is 1. The van der Waals surface area contributed by atoms with Crippen LogP contribution in [0.5, 0.6) is 0 Å². The summed E-state index contributed by atoms with van der Waals surface area (Å²) in [7, 11) is 0. The van der Waals surface area contributed by atoms with E-state index in [2.05, 4.69) is 10.3 Å². The SMILES string of the molecule is O=C(C=NC1CCCC1)NC1CCCC1. The number of nitrogens with one attached hydrogen (secondary N) is 1. The maximum atomic E-state index is 11.5. The highest BCUT2D eigenvalue weighted by molar-refractivity contribution is 6.26. The predicted molar refractivity (Wildman–Crippen MR) is 61.1 cm³/mol. The highest BCUT2D eigenvalue weighted by Gasteiger charge is 2.17. The maximum Gasteiger partial charge on any atom is 0.262 e. The minimum atomic E-state index is 0.00815. The maximum absolute atomic E-state index is 11.5. The molecule has 2 rings (SSSR count). The molecule has 0 saturated heterocycles. The zero-order valence-electron chi connectivity index (χ0n) is 9.24. The molecule has 3 nitrogen and oxygen atoms in total. The van der Waals surface area contributed by atoms with E-state index >= 15 is 0 Å². The Morgan fingerprint density at radius 2 is 1.67 bits per heavy atom. The van der Waals surface area contributed by atoms with Crippen molar-refractivity contribution >= 4 is 12.1 Å². The zero-order valence-corrected chi connectivity index (χ0v) is 9.24. The molecule has 15 heavy (non-hydrogen) atoms. The molecule has 3 heteroatoms. The van der Waals surface area contributed by atoms with Crippen molar-refractivity contribution in [2.75, 3.05) is 0 Å². The van der Waals surface area contributed by atoms with E-state index in [0.717, 1.165) is 25.7 Å². The van der Waals surface area contributed by atoms with Crippen LogP contribution in [0.3, 0.4) is 0 Å². The topological polar surface area (TPSA) is 41.5 Å². The van der Waals surface area contributed by atoms with Crippen molar-refractivity contribution < 1.29 is 4.79 Å². The number of hydrogen-bond acceptors (Lipinski definition) is 2. The van der Waals surface area contributed by atoms with Crippen LogP contribution in [0.4, 0.5) is 0 Å². The molecule has 0 heterocycles. The van der Waals surface area contributed by atoms with E-state index in [1.807, 2.05) is 0 Å². The molecule has 2 aliphatic rings. The van der Waals surface area contributed by atoms with Crippen LogP contribution in [-0.2, 0) is 4.79 Å². The molecule has 0 aliphatic heterocycles.